The maximum absolute atomic E-state index is 13.5. The second-order valence-electron chi connectivity index (χ2n) is 5.93. The Morgan fingerprint density at radius 1 is 1.32 bits per heavy atom. The maximum Gasteiger partial charge on any atom is 0.190 e. The van der Waals surface area contributed by atoms with Crippen LogP contribution in [0.1, 0.15) is 18.4 Å². The van der Waals surface area contributed by atoms with Gasteiger partial charge < -0.3 is 20.1 Å². The molecule has 1 fully saturated rings. The minimum atomic E-state index is -0.160. The minimum absolute atomic E-state index is 0. The molecule has 0 aromatic heterocycles. The number of nitrogens with one attached hydrogen (secondary N) is 2. The summed E-state index contributed by atoms with van der Waals surface area (Å²) in [6.07, 6.45) is 2.65. The van der Waals surface area contributed by atoms with Crippen molar-refractivity contribution in [2.45, 2.75) is 19.3 Å². The van der Waals surface area contributed by atoms with Gasteiger partial charge in [-0.25, -0.2) is 4.39 Å². The normalized spacial score (nSPS) is 17.2. The Balaban J connectivity index is 0.00000312. The Kier molecular flexibility index (Phi) is 11.8. The largest absolute Gasteiger partial charge is 0.381 e. The van der Waals surface area contributed by atoms with Crippen molar-refractivity contribution in [2.24, 2.45) is 10.9 Å². The molecule has 7 heteroatoms. The van der Waals surface area contributed by atoms with Gasteiger partial charge in [0.15, 0.2) is 5.96 Å². The summed E-state index contributed by atoms with van der Waals surface area (Å²) in [5, 5.41) is 6.43. The van der Waals surface area contributed by atoms with Crippen LogP contribution in [0, 0.1) is 11.7 Å². The number of benzene rings is 1. The average Bonchev–Trinajstić information content (AvgIpc) is 3.11. The summed E-state index contributed by atoms with van der Waals surface area (Å²) in [5.41, 5.74) is 0.713. The molecule has 0 spiro atoms. The zero-order valence-electron chi connectivity index (χ0n) is 14.8. The topological polar surface area (TPSA) is 54.9 Å². The lowest BCUT2D eigenvalue weighted by Gasteiger charge is -2.13. The molecule has 5 nitrogen and oxygen atoms in total. The van der Waals surface area contributed by atoms with E-state index in [-0.39, 0.29) is 29.8 Å². The molecule has 0 saturated carbocycles. The molecule has 142 valence electrons. The number of ether oxygens (including phenoxy) is 2. The van der Waals surface area contributed by atoms with Crippen LogP contribution in [0.2, 0.25) is 0 Å². The molecule has 0 amide bonds. The average molecular weight is 465 g/mol. The van der Waals surface area contributed by atoms with Gasteiger partial charge in [-0.3, -0.25) is 4.99 Å². The highest BCUT2D eigenvalue weighted by Crippen LogP contribution is 2.12. The maximum atomic E-state index is 13.5. The molecular formula is C18H29FIN3O2. The molecule has 1 saturated heterocycles. The van der Waals surface area contributed by atoms with Crippen molar-refractivity contribution in [1.29, 1.82) is 0 Å². The quantitative estimate of drug-likeness (QED) is 0.255. The Hall–Kier alpha value is -0.930. The predicted molar refractivity (Wildman–Crippen MR) is 109 cm³/mol. The van der Waals surface area contributed by atoms with Crippen LogP contribution in [-0.4, -0.2) is 52.5 Å². The summed E-state index contributed by atoms with van der Waals surface area (Å²) in [6.45, 7) is 4.64. The molecule has 1 aliphatic rings. The number of hydrogen-bond donors (Lipinski definition) is 2. The Bertz CT molecular complexity index is 511. The molecule has 0 bridgehead atoms. The van der Waals surface area contributed by atoms with Crippen molar-refractivity contribution < 1.29 is 13.9 Å². The molecule has 0 aliphatic carbocycles. The Morgan fingerprint density at radius 2 is 2.12 bits per heavy atom. The fourth-order valence-electron chi connectivity index (χ4n) is 2.58. The van der Waals surface area contributed by atoms with E-state index in [4.69, 9.17) is 9.47 Å². The number of hydrogen-bond acceptors (Lipinski definition) is 3. The summed E-state index contributed by atoms with van der Waals surface area (Å²) in [5.74, 6) is 1.13. The molecule has 1 aromatic rings. The minimum Gasteiger partial charge on any atom is -0.381 e. The van der Waals surface area contributed by atoms with Gasteiger partial charge in [-0.15, -0.1) is 24.0 Å². The molecule has 2 N–H and O–H groups in total. The van der Waals surface area contributed by atoms with Crippen LogP contribution in [0.25, 0.3) is 0 Å². The molecule has 2 rings (SSSR count). The van der Waals surface area contributed by atoms with Gasteiger partial charge in [-0.05, 0) is 30.9 Å². The van der Waals surface area contributed by atoms with Gasteiger partial charge in [0.05, 0.1) is 13.2 Å². The highest BCUT2D eigenvalue weighted by atomic mass is 127. The van der Waals surface area contributed by atoms with Gasteiger partial charge >= 0.3 is 0 Å². The summed E-state index contributed by atoms with van der Waals surface area (Å²) >= 11 is 0. The van der Waals surface area contributed by atoms with Gasteiger partial charge in [-0.1, -0.05) is 18.2 Å². The van der Waals surface area contributed by atoms with Crippen molar-refractivity contribution in [1.82, 2.24) is 10.6 Å². The van der Waals surface area contributed by atoms with Crippen molar-refractivity contribution >= 4 is 29.9 Å². The van der Waals surface area contributed by atoms with Crippen LogP contribution in [0.4, 0.5) is 4.39 Å². The summed E-state index contributed by atoms with van der Waals surface area (Å²) in [4.78, 5) is 4.17. The van der Waals surface area contributed by atoms with E-state index in [1.54, 1.807) is 19.2 Å². The van der Waals surface area contributed by atoms with Crippen molar-refractivity contribution in [3.8, 4) is 0 Å². The van der Waals surface area contributed by atoms with E-state index in [0.29, 0.717) is 24.4 Å². The highest BCUT2D eigenvalue weighted by molar-refractivity contribution is 14.0. The highest BCUT2D eigenvalue weighted by Gasteiger charge is 2.15. The first-order valence-corrected chi connectivity index (χ1v) is 8.63. The van der Waals surface area contributed by atoms with Gasteiger partial charge in [0.2, 0.25) is 0 Å². The monoisotopic (exact) mass is 465 g/mol. The van der Waals surface area contributed by atoms with Crippen molar-refractivity contribution in [2.75, 3.05) is 46.6 Å². The zero-order chi connectivity index (χ0) is 17.0. The van der Waals surface area contributed by atoms with Gasteiger partial charge in [0.25, 0.3) is 0 Å². The second kappa shape index (κ2) is 13.3. The number of nitrogens with zero attached hydrogens (tertiary/aromatic N) is 1. The molecule has 1 unspecified atom stereocenters. The van der Waals surface area contributed by atoms with E-state index in [9.17, 15) is 4.39 Å². The van der Waals surface area contributed by atoms with Gasteiger partial charge in [0.1, 0.15) is 5.82 Å². The van der Waals surface area contributed by atoms with Crippen LogP contribution in [-0.2, 0) is 15.9 Å². The van der Waals surface area contributed by atoms with E-state index >= 15 is 0 Å². The number of guanidine groups is 1. The van der Waals surface area contributed by atoms with E-state index in [1.165, 1.54) is 6.07 Å². The van der Waals surface area contributed by atoms with Crippen LogP contribution >= 0.6 is 24.0 Å². The van der Waals surface area contributed by atoms with Crippen LogP contribution in [0.3, 0.4) is 0 Å². The number of halogens is 2. The fourth-order valence-corrected chi connectivity index (χ4v) is 2.58. The third-order valence-electron chi connectivity index (χ3n) is 4.00. The Morgan fingerprint density at radius 3 is 2.84 bits per heavy atom. The smallest absolute Gasteiger partial charge is 0.190 e. The van der Waals surface area contributed by atoms with Crippen molar-refractivity contribution in [3.63, 3.8) is 0 Å². The molecule has 1 heterocycles. The third kappa shape index (κ3) is 8.82. The summed E-state index contributed by atoms with van der Waals surface area (Å²) < 4.78 is 24.5. The molecular weight excluding hydrogens is 436 g/mol. The molecule has 1 aromatic carbocycles. The third-order valence-corrected chi connectivity index (χ3v) is 4.00. The van der Waals surface area contributed by atoms with Gasteiger partial charge in [-0.2, -0.15) is 0 Å². The fraction of sp³-hybridized carbons (Fsp3) is 0.611. The predicted octanol–water partition coefficient (Wildman–Crippen LogP) is 2.59. The SMILES string of the molecule is CN=C(NCCCOCC1CCOC1)NCCc1ccccc1F.I. The number of rotatable bonds is 9. The molecule has 1 aliphatic heterocycles. The van der Waals surface area contributed by atoms with Crippen LogP contribution in [0.15, 0.2) is 29.3 Å². The zero-order valence-corrected chi connectivity index (χ0v) is 17.1. The van der Waals surface area contributed by atoms with E-state index in [2.05, 4.69) is 15.6 Å². The van der Waals surface area contributed by atoms with Crippen molar-refractivity contribution in [3.05, 3.63) is 35.6 Å². The first-order valence-electron chi connectivity index (χ1n) is 8.63. The second-order valence-corrected chi connectivity index (χ2v) is 5.93. The molecule has 25 heavy (non-hydrogen) atoms. The van der Waals surface area contributed by atoms with Crippen LogP contribution in [0.5, 0.6) is 0 Å². The van der Waals surface area contributed by atoms with Crippen LogP contribution < -0.4 is 10.6 Å². The lowest BCUT2D eigenvalue weighted by molar-refractivity contribution is 0.0888. The Labute approximate surface area is 166 Å². The van der Waals surface area contributed by atoms with E-state index in [1.807, 2.05) is 6.07 Å². The molecule has 1 atom stereocenters. The van der Waals surface area contributed by atoms with Gasteiger partial charge in [0, 0.05) is 39.3 Å². The van der Waals surface area contributed by atoms with E-state index in [0.717, 1.165) is 51.8 Å². The van der Waals surface area contributed by atoms with E-state index < -0.39 is 0 Å². The summed E-state index contributed by atoms with van der Waals surface area (Å²) in [6, 6.07) is 6.85. The first kappa shape index (κ1) is 22.1. The molecule has 0 radical (unpaired) electrons. The summed E-state index contributed by atoms with van der Waals surface area (Å²) in [7, 11) is 1.73. The lowest BCUT2D eigenvalue weighted by atomic mass is 10.1. The standard InChI is InChI=1S/C18H28FN3O2.HI/c1-20-18(22-10-7-16-5-2-3-6-17(16)19)21-9-4-11-23-13-15-8-12-24-14-15;/h2-3,5-6,15H,4,7-14H2,1H3,(H2,20,21,22);1H. The number of aliphatic imine (C=N–C) groups is 1. The lowest BCUT2D eigenvalue weighted by Crippen LogP contribution is -2.39. The first-order chi connectivity index (χ1) is 11.8.